The number of nitrogens with zero attached hydrogens (tertiary/aromatic N) is 3. The van der Waals surface area contributed by atoms with Crippen LogP contribution in [0.3, 0.4) is 0 Å². The summed E-state index contributed by atoms with van der Waals surface area (Å²) in [6.07, 6.45) is 6.75. The lowest BCUT2D eigenvalue weighted by Gasteiger charge is -2.04. The van der Waals surface area contributed by atoms with Crippen LogP contribution in [0.4, 0.5) is 0 Å². The number of carbonyl (C=O) groups excluding carboxylic acids is 1. The molecule has 142 valence electrons. The molecule has 4 rings (SSSR count). The molecule has 1 aromatic carbocycles. The molecule has 28 heavy (non-hydrogen) atoms. The molecule has 6 heteroatoms. The molecule has 3 heterocycles. The van der Waals surface area contributed by atoms with E-state index in [0.717, 1.165) is 40.4 Å². The van der Waals surface area contributed by atoms with Crippen molar-refractivity contribution in [3.63, 3.8) is 0 Å². The first-order valence-corrected chi connectivity index (χ1v) is 10.3. The van der Waals surface area contributed by atoms with Crippen LogP contribution >= 0.6 is 11.3 Å². The highest BCUT2D eigenvalue weighted by Gasteiger charge is 2.08. The summed E-state index contributed by atoms with van der Waals surface area (Å²) in [7, 11) is 0. The Labute approximate surface area is 168 Å². The molecule has 0 bridgehead atoms. The zero-order valence-corrected chi connectivity index (χ0v) is 16.4. The highest BCUT2D eigenvalue weighted by molar-refractivity contribution is 7.09. The minimum atomic E-state index is 0.0736. The van der Waals surface area contributed by atoms with Gasteiger partial charge in [0.1, 0.15) is 5.82 Å². The van der Waals surface area contributed by atoms with Crippen molar-refractivity contribution in [2.45, 2.75) is 25.7 Å². The van der Waals surface area contributed by atoms with Gasteiger partial charge in [0.2, 0.25) is 5.91 Å². The number of benzene rings is 1. The van der Waals surface area contributed by atoms with Crippen LogP contribution in [0.2, 0.25) is 0 Å². The Morgan fingerprint density at radius 2 is 1.93 bits per heavy atom. The topological polar surface area (TPSA) is 59.3 Å². The lowest BCUT2D eigenvalue weighted by atomic mass is 10.2. The number of aryl methyl sites for hydroxylation is 2. The number of carbonyl (C=O) groups is 1. The van der Waals surface area contributed by atoms with E-state index in [2.05, 4.69) is 37.2 Å². The van der Waals surface area contributed by atoms with E-state index in [4.69, 9.17) is 0 Å². The molecule has 0 atom stereocenters. The van der Waals surface area contributed by atoms with Crippen molar-refractivity contribution in [1.29, 1.82) is 0 Å². The number of imidazole rings is 1. The average Bonchev–Trinajstić information content (AvgIpc) is 3.38. The lowest BCUT2D eigenvalue weighted by Crippen LogP contribution is -2.25. The third kappa shape index (κ3) is 4.46. The zero-order chi connectivity index (χ0) is 19.2. The van der Waals surface area contributed by atoms with Crippen molar-refractivity contribution in [1.82, 2.24) is 19.7 Å². The first-order valence-electron chi connectivity index (χ1n) is 9.47. The predicted octanol–water partition coefficient (Wildman–Crippen LogP) is 4.14. The molecule has 4 aromatic rings. The summed E-state index contributed by atoms with van der Waals surface area (Å²) < 4.78 is 2.09. The third-order valence-electron chi connectivity index (χ3n) is 4.60. The monoisotopic (exact) mass is 390 g/mol. The highest BCUT2D eigenvalue weighted by atomic mass is 32.1. The van der Waals surface area contributed by atoms with Crippen LogP contribution in [0, 0.1) is 0 Å². The average molecular weight is 391 g/mol. The van der Waals surface area contributed by atoms with Gasteiger partial charge < -0.3 is 9.72 Å². The van der Waals surface area contributed by atoms with Crippen LogP contribution in [0.15, 0.2) is 66.3 Å². The number of fused-ring (bicyclic) bond motifs is 1. The normalized spacial score (nSPS) is 11.0. The molecule has 0 aliphatic rings. The Balaban J connectivity index is 1.20. The van der Waals surface area contributed by atoms with Gasteiger partial charge in [-0.25, -0.2) is 9.97 Å². The molecule has 0 spiro atoms. The Bertz CT molecular complexity index is 1050. The molecule has 3 aromatic heterocycles. The molecule has 1 N–H and O–H groups in total. The second kappa shape index (κ2) is 8.80. The summed E-state index contributed by atoms with van der Waals surface area (Å²) >= 11 is 1.61. The van der Waals surface area contributed by atoms with Gasteiger partial charge in [-0.05, 0) is 18.6 Å². The molecule has 1 amide bonds. The van der Waals surface area contributed by atoms with E-state index in [-0.39, 0.29) is 5.91 Å². The number of thiazole rings is 1. The summed E-state index contributed by atoms with van der Waals surface area (Å²) in [6.45, 7) is 0.660. The van der Waals surface area contributed by atoms with Gasteiger partial charge in [-0.2, -0.15) is 0 Å². The Hall–Kier alpha value is -2.99. The Morgan fingerprint density at radius 3 is 2.82 bits per heavy atom. The summed E-state index contributed by atoms with van der Waals surface area (Å²) in [6, 6.07) is 16.2. The Kier molecular flexibility index (Phi) is 5.77. The van der Waals surface area contributed by atoms with Gasteiger partial charge in [0.25, 0.3) is 0 Å². The van der Waals surface area contributed by atoms with Crippen LogP contribution in [0.25, 0.3) is 16.8 Å². The van der Waals surface area contributed by atoms with Gasteiger partial charge in [-0.1, -0.05) is 36.4 Å². The first-order chi connectivity index (χ1) is 13.8. The van der Waals surface area contributed by atoms with Crippen molar-refractivity contribution in [2.24, 2.45) is 0 Å². The van der Waals surface area contributed by atoms with Gasteiger partial charge in [0.15, 0.2) is 0 Å². The lowest BCUT2D eigenvalue weighted by molar-refractivity contribution is -0.121. The maximum Gasteiger partial charge on any atom is 0.220 e. The summed E-state index contributed by atoms with van der Waals surface area (Å²) in [4.78, 5) is 21.2. The number of aromatic nitrogens is 3. The van der Waals surface area contributed by atoms with E-state index in [1.807, 2.05) is 48.8 Å². The van der Waals surface area contributed by atoms with Gasteiger partial charge in [-0.3, -0.25) is 4.79 Å². The number of rotatable bonds is 8. The van der Waals surface area contributed by atoms with Crippen LogP contribution in [-0.4, -0.2) is 26.8 Å². The Morgan fingerprint density at radius 1 is 1.07 bits per heavy atom. The maximum absolute atomic E-state index is 12.1. The summed E-state index contributed by atoms with van der Waals surface area (Å²) in [5.41, 5.74) is 3.19. The smallest absolute Gasteiger partial charge is 0.220 e. The molecule has 0 radical (unpaired) electrons. The molecule has 0 saturated carbocycles. The van der Waals surface area contributed by atoms with Gasteiger partial charge in [0.05, 0.1) is 22.4 Å². The van der Waals surface area contributed by atoms with Crippen LogP contribution < -0.4 is 5.32 Å². The molecular formula is C22H22N4OS. The van der Waals surface area contributed by atoms with Crippen molar-refractivity contribution in [3.8, 4) is 11.3 Å². The first kappa shape index (κ1) is 18.4. The van der Waals surface area contributed by atoms with E-state index >= 15 is 0 Å². The fourth-order valence-corrected chi connectivity index (χ4v) is 3.94. The summed E-state index contributed by atoms with van der Waals surface area (Å²) in [5.74, 6) is 1.10. The highest BCUT2D eigenvalue weighted by Crippen LogP contribution is 2.22. The summed E-state index contributed by atoms with van der Waals surface area (Å²) in [5, 5.41) is 6.05. The maximum atomic E-state index is 12.1. The number of nitrogens with one attached hydrogen (secondary N) is 1. The fourth-order valence-electron chi connectivity index (χ4n) is 3.13. The SMILES string of the molecule is O=C(CCc1nc(-c2ccccc2)cs1)NCCCc1ncc2ccccn12. The molecule has 0 aliphatic heterocycles. The van der Waals surface area contributed by atoms with Gasteiger partial charge in [0, 0.05) is 42.9 Å². The van der Waals surface area contributed by atoms with E-state index < -0.39 is 0 Å². The standard InChI is InChI=1S/C22H22N4OS/c27-21(11-12-22-25-19(16-28-22)17-7-2-1-3-8-17)23-13-6-10-20-24-15-18-9-4-5-14-26(18)20/h1-5,7-9,14-16H,6,10-13H2,(H,23,27). The molecule has 0 saturated heterocycles. The van der Waals surface area contributed by atoms with Crippen molar-refractivity contribution in [2.75, 3.05) is 6.54 Å². The molecular weight excluding hydrogens is 368 g/mol. The quantitative estimate of drug-likeness (QED) is 0.460. The van der Waals surface area contributed by atoms with Crippen LogP contribution in [-0.2, 0) is 17.6 Å². The second-order valence-electron chi connectivity index (χ2n) is 6.62. The minimum Gasteiger partial charge on any atom is -0.356 e. The second-order valence-corrected chi connectivity index (χ2v) is 7.56. The molecule has 0 fully saturated rings. The van der Waals surface area contributed by atoms with E-state index in [9.17, 15) is 4.79 Å². The number of hydrogen-bond donors (Lipinski definition) is 1. The zero-order valence-electron chi connectivity index (χ0n) is 15.5. The fraction of sp³-hybridized carbons (Fsp3) is 0.227. The van der Waals surface area contributed by atoms with E-state index in [0.29, 0.717) is 19.4 Å². The van der Waals surface area contributed by atoms with Crippen molar-refractivity contribution in [3.05, 3.63) is 77.1 Å². The minimum absolute atomic E-state index is 0.0736. The van der Waals surface area contributed by atoms with Crippen molar-refractivity contribution < 1.29 is 4.79 Å². The molecule has 5 nitrogen and oxygen atoms in total. The van der Waals surface area contributed by atoms with Gasteiger partial charge in [-0.15, -0.1) is 11.3 Å². The largest absolute Gasteiger partial charge is 0.356 e. The van der Waals surface area contributed by atoms with E-state index in [1.165, 1.54) is 0 Å². The van der Waals surface area contributed by atoms with Gasteiger partial charge >= 0.3 is 0 Å². The third-order valence-corrected chi connectivity index (χ3v) is 5.51. The van der Waals surface area contributed by atoms with Crippen molar-refractivity contribution >= 4 is 22.8 Å². The number of amides is 1. The van der Waals surface area contributed by atoms with Crippen LogP contribution in [0.5, 0.6) is 0 Å². The molecule has 0 unspecified atom stereocenters. The number of pyridine rings is 1. The number of hydrogen-bond acceptors (Lipinski definition) is 4. The molecule has 0 aliphatic carbocycles. The predicted molar refractivity (Wildman–Crippen MR) is 112 cm³/mol. The van der Waals surface area contributed by atoms with Crippen LogP contribution in [0.1, 0.15) is 23.7 Å². The van der Waals surface area contributed by atoms with E-state index in [1.54, 1.807) is 11.3 Å².